The van der Waals surface area contributed by atoms with E-state index in [0.717, 1.165) is 12.2 Å². The van der Waals surface area contributed by atoms with Crippen LogP contribution in [0, 0.1) is 0 Å². The van der Waals surface area contributed by atoms with Crippen molar-refractivity contribution in [1.29, 1.82) is 0 Å². The first-order valence-electron chi connectivity index (χ1n) is 6.51. The number of nitrogens with zero attached hydrogens (tertiary/aromatic N) is 1. The topological polar surface area (TPSA) is 38.5 Å². The molecule has 0 unspecified atom stereocenters. The van der Waals surface area contributed by atoms with E-state index >= 15 is 0 Å². The molecule has 3 heteroatoms. The monoisotopic (exact) mass is 232 g/mol. The lowest BCUT2D eigenvalue weighted by atomic mass is 9.89. The molecular formula is C14H20N2O. The summed E-state index contributed by atoms with van der Waals surface area (Å²) in [6.45, 7) is 2.97. The molecule has 0 saturated heterocycles. The van der Waals surface area contributed by atoms with Crippen molar-refractivity contribution >= 4 is 5.69 Å². The molecule has 0 radical (unpaired) electrons. The minimum atomic E-state index is 0.573. The summed E-state index contributed by atoms with van der Waals surface area (Å²) in [6.07, 6.45) is 4.82. The van der Waals surface area contributed by atoms with Gasteiger partial charge in [-0.3, -0.25) is 0 Å². The third-order valence-corrected chi connectivity index (χ3v) is 3.97. The van der Waals surface area contributed by atoms with Crippen molar-refractivity contribution < 1.29 is 4.74 Å². The second-order valence-electron chi connectivity index (χ2n) is 4.95. The van der Waals surface area contributed by atoms with Gasteiger partial charge in [0.15, 0.2) is 0 Å². The molecule has 0 aliphatic carbocycles. The quantitative estimate of drug-likeness (QED) is 0.845. The van der Waals surface area contributed by atoms with Crippen LogP contribution in [0.25, 0.3) is 0 Å². The van der Waals surface area contributed by atoms with E-state index < -0.39 is 0 Å². The maximum Gasteiger partial charge on any atom is 0.128 e. The summed E-state index contributed by atoms with van der Waals surface area (Å²) in [5.74, 6) is 1.04. The molecule has 2 N–H and O–H groups in total. The van der Waals surface area contributed by atoms with Gasteiger partial charge in [-0.15, -0.1) is 0 Å². The molecule has 0 amide bonds. The van der Waals surface area contributed by atoms with E-state index in [0.29, 0.717) is 6.54 Å². The van der Waals surface area contributed by atoms with E-state index in [-0.39, 0.29) is 0 Å². The van der Waals surface area contributed by atoms with Crippen molar-refractivity contribution in [3.05, 3.63) is 22.8 Å². The highest BCUT2D eigenvalue weighted by Gasteiger charge is 2.27. The second kappa shape index (κ2) is 4.22. The van der Waals surface area contributed by atoms with Gasteiger partial charge in [0.2, 0.25) is 0 Å². The largest absolute Gasteiger partial charge is 0.496 e. The van der Waals surface area contributed by atoms with Crippen LogP contribution in [0.1, 0.15) is 29.5 Å². The second-order valence-corrected chi connectivity index (χ2v) is 4.95. The summed E-state index contributed by atoms with van der Waals surface area (Å²) in [7, 11) is 1.76. The molecule has 2 aliphatic rings. The molecule has 0 fully saturated rings. The fourth-order valence-electron chi connectivity index (χ4n) is 3.30. The third kappa shape index (κ3) is 1.61. The molecule has 3 nitrogen and oxygen atoms in total. The Balaban J connectivity index is 2.22. The maximum atomic E-state index is 5.84. The first-order valence-corrected chi connectivity index (χ1v) is 6.51. The zero-order valence-electron chi connectivity index (χ0n) is 10.5. The number of nitrogens with two attached hydrogens (primary N) is 1. The summed E-state index contributed by atoms with van der Waals surface area (Å²) < 4.78 is 5.60. The average molecular weight is 232 g/mol. The van der Waals surface area contributed by atoms with E-state index in [1.54, 1.807) is 7.11 Å². The molecule has 0 bridgehead atoms. The zero-order valence-corrected chi connectivity index (χ0v) is 10.5. The predicted molar refractivity (Wildman–Crippen MR) is 69.7 cm³/mol. The Hall–Kier alpha value is -1.22. The van der Waals surface area contributed by atoms with Gasteiger partial charge < -0.3 is 15.4 Å². The number of hydrogen-bond donors (Lipinski definition) is 1. The highest BCUT2D eigenvalue weighted by Crippen LogP contribution is 2.42. The van der Waals surface area contributed by atoms with Crippen LogP contribution in [-0.4, -0.2) is 20.2 Å². The summed E-state index contributed by atoms with van der Waals surface area (Å²) in [6, 6.07) is 2.26. The predicted octanol–water partition coefficient (Wildman–Crippen LogP) is 1.85. The first kappa shape index (κ1) is 10.9. The first-order chi connectivity index (χ1) is 8.35. The molecule has 3 rings (SSSR count). The fourth-order valence-corrected chi connectivity index (χ4v) is 3.30. The Bertz CT molecular complexity index is 440. The summed E-state index contributed by atoms with van der Waals surface area (Å²) in [5, 5.41) is 0. The van der Waals surface area contributed by atoms with E-state index in [2.05, 4.69) is 11.0 Å². The zero-order chi connectivity index (χ0) is 11.8. The SMILES string of the molecule is COc1c(CN)cc2c3c1CCCN3CCC2. The molecule has 17 heavy (non-hydrogen) atoms. The van der Waals surface area contributed by atoms with Crippen molar-refractivity contribution in [2.45, 2.75) is 32.2 Å². The van der Waals surface area contributed by atoms with Crippen LogP contribution >= 0.6 is 0 Å². The molecule has 0 aromatic heterocycles. The lowest BCUT2D eigenvalue weighted by molar-refractivity contribution is 0.402. The van der Waals surface area contributed by atoms with Gasteiger partial charge in [-0.05, 0) is 37.3 Å². The van der Waals surface area contributed by atoms with Gasteiger partial charge in [0.1, 0.15) is 5.75 Å². The molecule has 1 aromatic rings. The molecule has 0 spiro atoms. The standard InChI is InChI=1S/C14H20N2O/c1-17-14-11(9-15)8-10-4-2-6-16-7-3-5-12(14)13(10)16/h8H,2-7,9,15H2,1H3. The molecule has 92 valence electrons. The average Bonchev–Trinajstić information content (AvgIpc) is 2.39. The van der Waals surface area contributed by atoms with Crippen molar-refractivity contribution in [1.82, 2.24) is 0 Å². The maximum absolute atomic E-state index is 5.84. The number of methoxy groups -OCH3 is 1. The van der Waals surface area contributed by atoms with E-state index in [4.69, 9.17) is 10.5 Å². The fraction of sp³-hybridized carbons (Fsp3) is 0.571. The molecule has 0 atom stereocenters. The van der Waals surface area contributed by atoms with E-state index in [1.807, 2.05) is 0 Å². The number of aryl methyl sites for hydroxylation is 1. The molecule has 2 aliphatic heterocycles. The van der Waals surface area contributed by atoms with Gasteiger partial charge >= 0.3 is 0 Å². The van der Waals surface area contributed by atoms with Crippen LogP contribution in [0.15, 0.2) is 6.07 Å². The lowest BCUT2D eigenvalue weighted by Crippen LogP contribution is -2.35. The van der Waals surface area contributed by atoms with Gasteiger partial charge in [0.25, 0.3) is 0 Å². The van der Waals surface area contributed by atoms with Gasteiger partial charge in [0.05, 0.1) is 7.11 Å². The van der Waals surface area contributed by atoms with Gasteiger partial charge in [0, 0.05) is 36.4 Å². The number of rotatable bonds is 2. The van der Waals surface area contributed by atoms with Gasteiger partial charge in [-0.25, -0.2) is 0 Å². The van der Waals surface area contributed by atoms with Crippen LogP contribution in [0.3, 0.4) is 0 Å². The Morgan fingerprint density at radius 3 is 2.76 bits per heavy atom. The van der Waals surface area contributed by atoms with Crippen molar-refractivity contribution in [2.75, 3.05) is 25.1 Å². The summed E-state index contributed by atoms with van der Waals surface area (Å²) in [4.78, 5) is 2.53. The van der Waals surface area contributed by atoms with E-state index in [1.165, 1.54) is 54.7 Å². The van der Waals surface area contributed by atoms with Crippen molar-refractivity contribution in [2.24, 2.45) is 5.73 Å². The van der Waals surface area contributed by atoms with Crippen LogP contribution in [0.4, 0.5) is 5.69 Å². The smallest absolute Gasteiger partial charge is 0.128 e. The number of hydrogen-bond acceptors (Lipinski definition) is 3. The van der Waals surface area contributed by atoms with Crippen LogP contribution in [0.5, 0.6) is 5.75 Å². The van der Waals surface area contributed by atoms with Crippen LogP contribution in [-0.2, 0) is 19.4 Å². The minimum absolute atomic E-state index is 0.573. The highest BCUT2D eigenvalue weighted by molar-refractivity contribution is 5.69. The Morgan fingerprint density at radius 1 is 1.29 bits per heavy atom. The van der Waals surface area contributed by atoms with Crippen molar-refractivity contribution in [3.8, 4) is 5.75 Å². The highest BCUT2D eigenvalue weighted by atomic mass is 16.5. The van der Waals surface area contributed by atoms with Crippen LogP contribution in [0.2, 0.25) is 0 Å². The molecule has 1 aromatic carbocycles. The van der Waals surface area contributed by atoms with Crippen molar-refractivity contribution in [3.63, 3.8) is 0 Å². The number of benzene rings is 1. The van der Waals surface area contributed by atoms with Gasteiger partial charge in [-0.2, -0.15) is 0 Å². The number of anilines is 1. The normalized spacial score (nSPS) is 17.9. The summed E-state index contributed by atoms with van der Waals surface area (Å²) in [5.41, 5.74) is 11.3. The number of ether oxygens (including phenoxy) is 1. The molecule has 2 heterocycles. The lowest BCUT2D eigenvalue weighted by Gasteiger charge is -2.38. The third-order valence-electron chi connectivity index (χ3n) is 3.97. The summed E-state index contributed by atoms with van der Waals surface area (Å²) >= 11 is 0. The molecule has 0 saturated carbocycles. The van der Waals surface area contributed by atoms with Gasteiger partial charge in [-0.1, -0.05) is 0 Å². The van der Waals surface area contributed by atoms with E-state index in [9.17, 15) is 0 Å². The van der Waals surface area contributed by atoms with Crippen LogP contribution < -0.4 is 15.4 Å². The molecular weight excluding hydrogens is 212 g/mol. The Morgan fingerprint density at radius 2 is 2.06 bits per heavy atom. The Labute approximate surface area is 103 Å². The minimum Gasteiger partial charge on any atom is -0.496 e. The Kier molecular flexibility index (Phi) is 2.71.